The molecule has 0 spiro atoms. The number of ketones is 1. The van der Waals surface area contributed by atoms with E-state index in [2.05, 4.69) is 46.8 Å². The fourth-order valence-corrected chi connectivity index (χ4v) is 3.16. The maximum atomic E-state index is 12.6. The van der Waals surface area contributed by atoms with Crippen molar-refractivity contribution in [2.75, 3.05) is 0 Å². The van der Waals surface area contributed by atoms with E-state index in [1.807, 2.05) is 12.1 Å². The predicted molar refractivity (Wildman–Crippen MR) is 85.1 cm³/mol. The van der Waals surface area contributed by atoms with Gasteiger partial charge < -0.3 is 0 Å². The first-order valence-corrected chi connectivity index (χ1v) is 7.94. The average molecular weight is 272 g/mol. The van der Waals surface area contributed by atoms with Gasteiger partial charge in [-0.3, -0.25) is 4.79 Å². The Balaban J connectivity index is 2.10. The van der Waals surface area contributed by atoms with Crippen LogP contribution >= 0.6 is 0 Å². The molecule has 0 N–H and O–H groups in total. The summed E-state index contributed by atoms with van der Waals surface area (Å²) in [7, 11) is 0. The molecule has 1 saturated carbocycles. The molecule has 1 fully saturated rings. The molecule has 0 radical (unpaired) electrons. The van der Waals surface area contributed by atoms with Gasteiger partial charge in [-0.05, 0) is 42.1 Å². The molecule has 0 heterocycles. The first kappa shape index (κ1) is 15.3. The van der Waals surface area contributed by atoms with E-state index < -0.39 is 0 Å². The third kappa shape index (κ3) is 3.31. The molecule has 2 rings (SSSR count). The Morgan fingerprint density at radius 1 is 1.00 bits per heavy atom. The number of rotatable bonds is 2. The second-order valence-corrected chi connectivity index (χ2v) is 7.66. The van der Waals surface area contributed by atoms with Crippen molar-refractivity contribution in [1.82, 2.24) is 0 Å². The van der Waals surface area contributed by atoms with E-state index in [9.17, 15) is 4.79 Å². The van der Waals surface area contributed by atoms with E-state index in [0.29, 0.717) is 11.7 Å². The predicted octanol–water partition coefficient (Wildman–Crippen LogP) is 5.24. The van der Waals surface area contributed by atoms with Crippen molar-refractivity contribution in [2.24, 2.45) is 17.8 Å². The number of benzene rings is 1. The third-order valence-electron chi connectivity index (χ3n) is 5.00. The summed E-state index contributed by atoms with van der Waals surface area (Å²) in [6, 6.07) is 8.27. The fraction of sp³-hybridized carbons (Fsp3) is 0.632. The van der Waals surface area contributed by atoms with Crippen LogP contribution in [0.25, 0.3) is 0 Å². The van der Waals surface area contributed by atoms with E-state index >= 15 is 0 Å². The van der Waals surface area contributed by atoms with Gasteiger partial charge in [-0.15, -0.1) is 0 Å². The second kappa shape index (κ2) is 5.71. The molecular weight excluding hydrogens is 244 g/mol. The van der Waals surface area contributed by atoms with Crippen molar-refractivity contribution < 1.29 is 4.79 Å². The van der Waals surface area contributed by atoms with Gasteiger partial charge in [-0.2, -0.15) is 0 Å². The Morgan fingerprint density at radius 3 is 2.10 bits per heavy atom. The van der Waals surface area contributed by atoms with Crippen LogP contribution in [-0.2, 0) is 5.41 Å². The van der Waals surface area contributed by atoms with Gasteiger partial charge in [0.1, 0.15) is 0 Å². The average Bonchev–Trinajstić information content (AvgIpc) is 2.40. The van der Waals surface area contributed by atoms with Crippen LogP contribution in [0.1, 0.15) is 69.8 Å². The molecule has 1 aromatic carbocycles. The van der Waals surface area contributed by atoms with Gasteiger partial charge >= 0.3 is 0 Å². The summed E-state index contributed by atoms with van der Waals surface area (Å²) in [5.74, 6) is 2.03. The van der Waals surface area contributed by atoms with Crippen molar-refractivity contribution in [2.45, 2.75) is 59.3 Å². The molecule has 1 nitrogen and oxygen atoms in total. The molecule has 3 atom stereocenters. The van der Waals surface area contributed by atoms with E-state index in [4.69, 9.17) is 0 Å². The van der Waals surface area contributed by atoms with Crippen LogP contribution in [0, 0.1) is 17.8 Å². The fourth-order valence-electron chi connectivity index (χ4n) is 3.16. The van der Waals surface area contributed by atoms with Crippen LogP contribution in [0.15, 0.2) is 24.3 Å². The zero-order valence-electron chi connectivity index (χ0n) is 13.6. The summed E-state index contributed by atoms with van der Waals surface area (Å²) in [6.45, 7) is 11.2. The quantitative estimate of drug-likeness (QED) is 0.673. The summed E-state index contributed by atoms with van der Waals surface area (Å²) in [4.78, 5) is 12.6. The number of carbonyl (C=O) groups excluding carboxylic acids is 1. The van der Waals surface area contributed by atoms with E-state index in [1.165, 1.54) is 12.0 Å². The van der Waals surface area contributed by atoms with Gasteiger partial charge in [0, 0.05) is 11.5 Å². The lowest BCUT2D eigenvalue weighted by Gasteiger charge is -2.31. The van der Waals surface area contributed by atoms with Gasteiger partial charge in [0.15, 0.2) is 5.78 Å². The first-order valence-electron chi connectivity index (χ1n) is 7.94. The normalized spacial score (nSPS) is 27.4. The maximum absolute atomic E-state index is 12.6. The molecule has 1 heteroatoms. The topological polar surface area (TPSA) is 17.1 Å². The van der Waals surface area contributed by atoms with Crippen molar-refractivity contribution >= 4 is 5.78 Å². The molecule has 1 aromatic rings. The Morgan fingerprint density at radius 2 is 1.60 bits per heavy atom. The Kier molecular flexibility index (Phi) is 4.36. The minimum Gasteiger partial charge on any atom is -0.294 e. The molecule has 0 amide bonds. The summed E-state index contributed by atoms with van der Waals surface area (Å²) in [5.41, 5.74) is 2.33. The van der Waals surface area contributed by atoms with Crippen molar-refractivity contribution in [1.29, 1.82) is 0 Å². The number of Topliss-reactive ketones (excluding diaryl/α,β-unsaturated/α-hetero) is 1. The van der Waals surface area contributed by atoms with Gasteiger partial charge in [0.25, 0.3) is 0 Å². The molecule has 0 aromatic heterocycles. The zero-order chi connectivity index (χ0) is 14.9. The summed E-state index contributed by atoms with van der Waals surface area (Å²) in [5, 5.41) is 0. The third-order valence-corrected chi connectivity index (χ3v) is 5.00. The van der Waals surface area contributed by atoms with Crippen LogP contribution in [0.4, 0.5) is 0 Å². The minimum atomic E-state index is 0.149. The SMILES string of the molecule is CC1CCC(C(=O)c2ccc(C(C)(C)C)cc2)CC1C. The zero-order valence-corrected chi connectivity index (χ0v) is 13.6. The monoisotopic (exact) mass is 272 g/mol. The highest BCUT2D eigenvalue weighted by atomic mass is 16.1. The van der Waals surface area contributed by atoms with E-state index in [-0.39, 0.29) is 11.3 Å². The minimum absolute atomic E-state index is 0.149. The van der Waals surface area contributed by atoms with Crippen LogP contribution in [0.2, 0.25) is 0 Å². The lowest BCUT2D eigenvalue weighted by atomic mass is 9.73. The Hall–Kier alpha value is -1.11. The molecule has 0 bridgehead atoms. The smallest absolute Gasteiger partial charge is 0.165 e. The molecule has 3 unspecified atom stereocenters. The molecule has 20 heavy (non-hydrogen) atoms. The summed E-state index contributed by atoms with van der Waals surface area (Å²) in [6.07, 6.45) is 3.31. The second-order valence-electron chi connectivity index (χ2n) is 7.66. The van der Waals surface area contributed by atoms with Gasteiger partial charge in [0.2, 0.25) is 0 Å². The van der Waals surface area contributed by atoms with Crippen LogP contribution in [0.5, 0.6) is 0 Å². The lowest BCUT2D eigenvalue weighted by Crippen LogP contribution is -2.26. The standard InChI is InChI=1S/C19H28O/c1-13-6-7-16(12-14(13)2)18(20)15-8-10-17(11-9-15)19(3,4)5/h8-11,13-14,16H,6-7,12H2,1-5H3. The van der Waals surface area contributed by atoms with Gasteiger partial charge in [-0.1, -0.05) is 58.9 Å². The number of carbonyl (C=O) groups is 1. The van der Waals surface area contributed by atoms with Gasteiger partial charge in [0.05, 0.1) is 0 Å². The van der Waals surface area contributed by atoms with E-state index in [1.54, 1.807) is 0 Å². The van der Waals surface area contributed by atoms with Crippen molar-refractivity contribution in [3.05, 3.63) is 35.4 Å². The van der Waals surface area contributed by atoms with Gasteiger partial charge in [-0.25, -0.2) is 0 Å². The molecule has 1 aliphatic carbocycles. The lowest BCUT2D eigenvalue weighted by molar-refractivity contribution is 0.0837. The molecular formula is C19H28O. The highest BCUT2D eigenvalue weighted by Crippen LogP contribution is 2.35. The molecule has 1 aliphatic rings. The van der Waals surface area contributed by atoms with Crippen LogP contribution in [0.3, 0.4) is 0 Å². The highest BCUT2D eigenvalue weighted by Gasteiger charge is 2.29. The molecule has 0 saturated heterocycles. The van der Waals surface area contributed by atoms with Crippen molar-refractivity contribution in [3.63, 3.8) is 0 Å². The Labute approximate surface area is 123 Å². The Bertz CT molecular complexity index is 464. The van der Waals surface area contributed by atoms with E-state index in [0.717, 1.165) is 24.3 Å². The summed E-state index contributed by atoms with van der Waals surface area (Å²) >= 11 is 0. The number of hydrogen-bond donors (Lipinski definition) is 0. The highest BCUT2D eigenvalue weighted by molar-refractivity contribution is 5.97. The van der Waals surface area contributed by atoms with Crippen LogP contribution < -0.4 is 0 Å². The molecule has 0 aliphatic heterocycles. The molecule has 110 valence electrons. The maximum Gasteiger partial charge on any atom is 0.165 e. The van der Waals surface area contributed by atoms with Crippen molar-refractivity contribution in [3.8, 4) is 0 Å². The largest absolute Gasteiger partial charge is 0.294 e. The van der Waals surface area contributed by atoms with Crippen LogP contribution in [-0.4, -0.2) is 5.78 Å². The summed E-state index contributed by atoms with van der Waals surface area (Å²) < 4.78 is 0. The number of hydrogen-bond acceptors (Lipinski definition) is 1. The first-order chi connectivity index (χ1) is 9.29.